The zero-order chi connectivity index (χ0) is 15.9. The van der Waals surface area contributed by atoms with Crippen molar-refractivity contribution in [2.24, 2.45) is 0 Å². The molecule has 3 unspecified atom stereocenters. The quantitative estimate of drug-likeness (QED) is 0.797. The van der Waals surface area contributed by atoms with Crippen molar-refractivity contribution in [3.63, 3.8) is 0 Å². The molecule has 1 aromatic carbocycles. The molecule has 2 rings (SSSR count). The molecule has 0 aromatic heterocycles. The Morgan fingerprint density at radius 3 is 2.77 bits per heavy atom. The predicted molar refractivity (Wildman–Crippen MR) is 88.3 cm³/mol. The number of methoxy groups -OCH3 is 1. The minimum absolute atomic E-state index is 0.0553. The maximum atomic E-state index is 10.2. The summed E-state index contributed by atoms with van der Waals surface area (Å²) < 4.78 is 11.0. The summed E-state index contributed by atoms with van der Waals surface area (Å²) in [5, 5.41) is 10.9. The van der Waals surface area contributed by atoms with Crippen molar-refractivity contribution in [3.05, 3.63) is 34.9 Å². The van der Waals surface area contributed by atoms with E-state index in [-0.39, 0.29) is 6.10 Å². The summed E-state index contributed by atoms with van der Waals surface area (Å²) in [5.74, 6) is 0. The summed E-state index contributed by atoms with van der Waals surface area (Å²) in [6, 6.07) is 8.04. The predicted octanol–water partition coefficient (Wildman–Crippen LogP) is 2.89. The number of hydrogen-bond acceptors (Lipinski definition) is 4. The van der Waals surface area contributed by atoms with Gasteiger partial charge in [-0.25, -0.2) is 0 Å². The molecule has 1 heterocycles. The molecular formula is C17H26ClNO3. The summed E-state index contributed by atoms with van der Waals surface area (Å²) in [7, 11) is 1.73. The van der Waals surface area contributed by atoms with Crippen LogP contribution in [-0.2, 0) is 9.47 Å². The van der Waals surface area contributed by atoms with Gasteiger partial charge in [0.1, 0.15) is 0 Å². The van der Waals surface area contributed by atoms with Crippen LogP contribution in [-0.4, -0.2) is 55.6 Å². The van der Waals surface area contributed by atoms with Crippen molar-refractivity contribution in [2.45, 2.75) is 38.0 Å². The van der Waals surface area contributed by atoms with E-state index in [1.54, 1.807) is 7.11 Å². The molecule has 0 bridgehead atoms. The minimum Gasteiger partial charge on any atom is -0.389 e. The molecule has 0 radical (unpaired) electrons. The maximum absolute atomic E-state index is 10.2. The number of nitrogens with zero attached hydrogens (tertiary/aromatic N) is 1. The number of halogens is 1. The fourth-order valence-corrected chi connectivity index (χ4v) is 3.05. The molecule has 0 spiro atoms. The second kappa shape index (κ2) is 8.85. The summed E-state index contributed by atoms with van der Waals surface area (Å²) >= 11 is 5.88. The monoisotopic (exact) mass is 327 g/mol. The first kappa shape index (κ1) is 17.7. The molecule has 5 heteroatoms. The number of aliphatic hydroxyl groups excluding tert-OH is 1. The lowest BCUT2D eigenvalue weighted by Gasteiger charge is -2.26. The highest BCUT2D eigenvalue weighted by Gasteiger charge is 2.26. The summed E-state index contributed by atoms with van der Waals surface area (Å²) in [5.41, 5.74) is 1.06. The molecule has 22 heavy (non-hydrogen) atoms. The van der Waals surface area contributed by atoms with E-state index in [9.17, 15) is 5.11 Å². The normalized spacial score (nSPS) is 21.9. The van der Waals surface area contributed by atoms with Gasteiger partial charge < -0.3 is 14.6 Å². The molecule has 1 N–H and O–H groups in total. The van der Waals surface area contributed by atoms with E-state index < -0.39 is 6.10 Å². The van der Waals surface area contributed by atoms with Crippen molar-refractivity contribution in [3.8, 4) is 0 Å². The van der Waals surface area contributed by atoms with Gasteiger partial charge in [0, 0.05) is 24.7 Å². The van der Waals surface area contributed by atoms with Gasteiger partial charge in [-0.15, -0.1) is 0 Å². The van der Waals surface area contributed by atoms with E-state index >= 15 is 0 Å². The zero-order valence-corrected chi connectivity index (χ0v) is 14.1. The largest absolute Gasteiger partial charge is 0.389 e. The second-order valence-corrected chi connectivity index (χ2v) is 6.36. The average Bonchev–Trinajstić information content (AvgIpc) is 2.93. The van der Waals surface area contributed by atoms with E-state index in [1.807, 2.05) is 31.2 Å². The summed E-state index contributed by atoms with van der Waals surface area (Å²) in [6.07, 6.45) is 1.78. The number of ether oxygens (including phenoxy) is 2. The standard InChI is InChI=1S/C17H26ClNO3/c1-13(14-5-7-15(18)8-6-14)22-12-17(20)10-19-9-3-4-16(19)11-21-2/h5-8,13,16-17,20H,3-4,9-12H2,1-2H3. The third-order valence-electron chi connectivity index (χ3n) is 4.18. The lowest BCUT2D eigenvalue weighted by molar-refractivity contribution is -0.0206. The Bertz CT molecular complexity index is 440. The minimum atomic E-state index is -0.479. The van der Waals surface area contributed by atoms with Gasteiger partial charge in [-0.2, -0.15) is 0 Å². The van der Waals surface area contributed by atoms with Crippen LogP contribution >= 0.6 is 11.6 Å². The highest BCUT2D eigenvalue weighted by Crippen LogP contribution is 2.20. The topological polar surface area (TPSA) is 41.9 Å². The Morgan fingerprint density at radius 1 is 1.36 bits per heavy atom. The SMILES string of the molecule is COCC1CCCN1CC(O)COC(C)c1ccc(Cl)cc1. The molecular weight excluding hydrogens is 302 g/mol. The Kier molecular flexibility index (Phi) is 7.12. The van der Waals surface area contributed by atoms with Gasteiger partial charge >= 0.3 is 0 Å². The number of likely N-dealkylation sites (tertiary alicyclic amines) is 1. The zero-order valence-electron chi connectivity index (χ0n) is 13.4. The number of rotatable bonds is 8. The lowest BCUT2D eigenvalue weighted by Crippen LogP contribution is -2.40. The van der Waals surface area contributed by atoms with Crippen LogP contribution in [0.1, 0.15) is 31.4 Å². The first-order valence-corrected chi connectivity index (χ1v) is 8.26. The highest BCUT2D eigenvalue weighted by molar-refractivity contribution is 6.30. The van der Waals surface area contributed by atoms with Crippen molar-refractivity contribution in [1.29, 1.82) is 0 Å². The molecule has 1 aromatic rings. The molecule has 1 aliphatic rings. The van der Waals surface area contributed by atoms with Crippen LogP contribution in [0.15, 0.2) is 24.3 Å². The van der Waals surface area contributed by atoms with Crippen LogP contribution < -0.4 is 0 Å². The molecule has 1 saturated heterocycles. The number of aliphatic hydroxyl groups is 1. The molecule has 1 aliphatic heterocycles. The van der Waals surface area contributed by atoms with Crippen molar-refractivity contribution in [2.75, 3.05) is 33.4 Å². The average molecular weight is 328 g/mol. The Balaban J connectivity index is 1.75. The fraction of sp³-hybridized carbons (Fsp3) is 0.647. The number of benzene rings is 1. The molecule has 0 amide bonds. The van der Waals surface area contributed by atoms with Crippen molar-refractivity contribution in [1.82, 2.24) is 4.90 Å². The van der Waals surface area contributed by atoms with Gasteiger partial charge in [0.15, 0.2) is 0 Å². The smallest absolute Gasteiger partial charge is 0.0900 e. The molecule has 1 fully saturated rings. The van der Waals surface area contributed by atoms with E-state index in [4.69, 9.17) is 21.1 Å². The van der Waals surface area contributed by atoms with Crippen LogP contribution in [0.3, 0.4) is 0 Å². The van der Waals surface area contributed by atoms with Crippen molar-refractivity contribution < 1.29 is 14.6 Å². The van der Waals surface area contributed by atoms with Gasteiger partial charge in [-0.3, -0.25) is 4.90 Å². The Labute approximate surface area is 138 Å². The fourth-order valence-electron chi connectivity index (χ4n) is 2.93. The molecule has 0 aliphatic carbocycles. The van der Waals surface area contributed by atoms with E-state index in [1.165, 1.54) is 6.42 Å². The number of hydrogen-bond donors (Lipinski definition) is 1. The number of β-amino-alcohol motifs (C(OH)–C–C–N with tert-alkyl or cyclic N) is 1. The van der Waals surface area contributed by atoms with Gasteiger partial charge in [0.05, 0.1) is 25.4 Å². The first-order chi connectivity index (χ1) is 10.6. The lowest BCUT2D eigenvalue weighted by atomic mass is 10.1. The van der Waals surface area contributed by atoms with Gasteiger partial charge in [-0.1, -0.05) is 23.7 Å². The summed E-state index contributed by atoms with van der Waals surface area (Å²) in [6.45, 7) is 4.72. The van der Waals surface area contributed by atoms with E-state index in [0.717, 1.165) is 25.1 Å². The molecule has 3 atom stereocenters. The third-order valence-corrected chi connectivity index (χ3v) is 4.43. The van der Waals surface area contributed by atoms with Crippen LogP contribution in [0.4, 0.5) is 0 Å². The van der Waals surface area contributed by atoms with Crippen LogP contribution in [0.2, 0.25) is 5.02 Å². The Morgan fingerprint density at radius 2 is 2.09 bits per heavy atom. The second-order valence-electron chi connectivity index (χ2n) is 5.93. The van der Waals surface area contributed by atoms with Crippen LogP contribution in [0, 0.1) is 0 Å². The van der Waals surface area contributed by atoms with Gasteiger partial charge in [0.25, 0.3) is 0 Å². The highest BCUT2D eigenvalue weighted by atomic mass is 35.5. The first-order valence-electron chi connectivity index (χ1n) is 7.88. The summed E-state index contributed by atoms with van der Waals surface area (Å²) in [4.78, 5) is 2.30. The van der Waals surface area contributed by atoms with Crippen LogP contribution in [0.25, 0.3) is 0 Å². The van der Waals surface area contributed by atoms with E-state index in [0.29, 0.717) is 24.2 Å². The third kappa shape index (κ3) is 5.21. The maximum Gasteiger partial charge on any atom is 0.0900 e. The van der Waals surface area contributed by atoms with E-state index in [2.05, 4.69) is 4.90 Å². The molecule has 4 nitrogen and oxygen atoms in total. The van der Waals surface area contributed by atoms with Gasteiger partial charge in [-0.05, 0) is 44.0 Å². The van der Waals surface area contributed by atoms with Crippen LogP contribution in [0.5, 0.6) is 0 Å². The Hall–Kier alpha value is -0.650. The molecule has 124 valence electrons. The van der Waals surface area contributed by atoms with Crippen molar-refractivity contribution >= 4 is 11.6 Å². The molecule has 0 saturated carbocycles. The van der Waals surface area contributed by atoms with Gasteiger partial charge in [0.2, 0.25) is 0 Å².